The van der Waals surface area contributed by atoms with Crippen LogP contribution >= 0.6 is 0 Å². The van der Waals surface area contributed by atoms with Crippen molar-refractivity contribution >= 4 is 5.91 Å². The van der Waals surface area contributed by atoms with Crippen LogP contribution in [0.15, 0.2) is 12.1 Å². The summed E-state index contributed by atoms with van der Waals surface area (Å²) >= 11 is 0. The van der Waals surface area contributed by atoms with Gasteiger partial charge in [-0.3, -0.25) is 4.79 Å². The maximum atomic E-state index is 12.9. The summed E-state index contributed by atoms with van der Waals surface area (Å²) < 4.78 is 7.85. The number of fused-ring (bicyclic) bond motifs is 1. The van der Waals surface area contributed by atoms with Gasteiger partial charge < -0.3 is 19.5 Å². The Morgan fingerprint density at radius 3 is 2.95 bits per heavy atom. The van der Waals surface area contributed by atoms with Gasteiger partial charge in [0.15, 0.2) is 0 Å². The van der Waals surface area contributed by atoms with Crippen LogP contribution in [0.3, 0.4) is 0 Å². The quantitative estimate of drug-likeness (QED) is 0.914. The third-order valence-electron chi connectivity index (χ3n) is 4.84. The summed E-state index contributed by atoms with van der Waals surface area (Å²) in [4.78, 5) is 14.9. The van der Waals surface area contributed by atoms with Crippen molar-refractivity contribution in [2.75, 3.05) is 26.3 Å². The second-order valence-electron chi connectivity index (χ2n) is 6.07. The van der Waals surface area contributed by atoms with Gasteiger partial charge in [-0.1, -0.05) is 6.92 Å². The van der Waals surface area contributed by atoms with Crippen molar-refractivity contribution in [3.05, 3.63) is 23.5 Å². The van der Waals surface area contributed by atoms with E-state index in [4.69, 9.17) is 4.74 Å². The van der Waals surface area contributed by atoms with Gasteiger partial charge in [-0.15, -0.1) is 0 Å². The number of likely N-dealkylation sites (N-methyl/N-ethyl adjacent to an activating group) is 1. The molecule has 5 nitrogen and oxygen atoms in total. The maximum absolute atomic E-state index is 12.9. The van der Waals surface area contributed by atoms with E-state index in [1.54, 1.807) is 0 Å². The molecule has 0 radical (unpaired) electrons. The molecule has 2 aliphatic heterocycles. The minimum atomic E-state index is -0.0463. The Balaban J connectivity index is 1.77. The van der Waals surface area contributed by atoms with Gasteiger partial charge in [0.25, 0.3) is 0 Å². The molecule has 0 aromatic carbocycles. The molecule has 116 valence electrons. The number of carbonyl (C=O) groups excluding carboxylic acids is 1. The van der Waals surface area contributed by atoms with E-state index < -0.39 is 0 Å². The summed E-state index contributed by atoms with van der Waals surface area (Å²) in [7, 11) is 0. The van der Waals surface area contributed by atoms with Crippen molar-refractivity contribution < 1.29 is 9.53 Å². The van der Waals surface area contributed by atoms with E-state index in [0.29, 0.717) is 13.2 Å². The van der Waals surface area contributed by atoms with Crippen LogP contribution in [0.5, 0.6) is 0 Å². The summed E-state index contributed by atoms with van der Waals surface area (Å²) in [5, 5.41) is 3.37. The lowest BCUT2D eigenvalue weighted by molar-refractivity contribution is -0.139. The van der Waals surface area contributed by atoms with Gasteiger partial charge in [0.05, 0.1) is 25.2 Å². The smallest absolute Gasteiger partial charge is 0.230 e. The SMILES string of the molecule is CCNC1COCC1C(=O)N1CCn2c(C)ccc2C1C. The van der Waals surface area contributed by atoms with Gasteiger partial charge in [0.1, 0.15) is 0 Å². The summed E-state index contributed by atoms with van der Waals surface area (Å²) in [6.45, 7) is 10.1. The molecule has 0 aliphatic carbocycles. The maximum Gasteiger partial charge on any atom is 0.230 e. The number of aryl methyl sites for hydroxylation is 1. The van der Waals surface area contributed by atoms with E-state index in [-0.39, 0.29) is 23.9 Å². The lowest BCUT2D eigenvalue weighted by Crippen LogP contribution is -2.49. The fourth-order valence-electron chi connectivity index (χ4n) is 3.60. The molecule has 3 atom stereocenters. The van der Waals surface area contributed by atoms with Crippen LogP contribution in [0.25, 0.3) is 0 Å². The van der Waals surface area contributed by atoms with Gasteiger partial charge >= 0.3 is 0 Å². The number of nitrogens with one attached hydrogen (secondary N) is 1. The highest BCUT2D eigenvalue weighted by Gasteiger charge is 2.39. The highest BCUT2D eigenvalue weighted by molar-refractivity contribution is 5.80. The largest absolute Gasteiger partial charge is 0.379 e. The molecule has 0 spiro atoms. The molecule has 1 saturated heterocycles. The molecule has 21 heavy (non-hydrogen) atoms. The normalized spacial score (nSPS) is 28.7. The number of hydrogen-bond acceptors (Lipinski definition) is 3. The molecule has 1 fully saturated rings. The van der Waals surface area contributed by atoms with Gasteiger partial charge in [-0.25, -0.2) is 0 Å². The summed E-state index contributed by atoms with van der Waals surface area (Å²) in [5.41, 5.74) is 2.52. The van der Waals surface area contributed by atoms with Gasteiger partial charge in [0, 0.05) is 30.5 Å². The van der Waals surface area contributed by atoms with Crippen LogP contribution in [0.1, 0.15) is 31.3 Å². The topological polar surface area (TPSA) is 46.5 Å². The van der Waals surface area contributed by atoms with Crippen LogP contribution in [0.2, 0.25) is 0 Å². The number of hydrogen-bond donors (Lipinski definition) is 1. The van der Waals surface area contributed by atoms with Crippen molar-refractivity contribution in [1.82, 2.24) is 14.8 Å². The number of ether oxygens (including phenoxy) is 1. The Morgan fingerprint density at radius 2 is 2.19 bits per heavy atom. The average molecular weight is 291 g/mol. The fraction of sp³-hybridized carbons (Fsp3) is 0.688. The Morgan fingerprint density at radius 1 is 1.38 bits per heavy atom. The van der Waals surface area contributed by atoms with Crippen molar-refractivity contribution in [3.8, 4) is 0 Å². The van der Waals surface area contributed by atoms with Crippen molar-refractivity contribution in [2.45, 2.75) is 39.4 Å². The predicted molar refractivity (Wildman–Crippen MR) is 81.1 cm³/mol. The zero-order chi connectivity index (χ0) is 15.0. The minimum Gasteiger partial charge on any atom is -0.379 e. The molecule has 3 heterocycles. The van der Waals surface area contributed by atoms with Crippen LogP contribution in [-0.2, 0) is 16.1 Å². The van der Waals surface area contributed by atoms with Crippen molar-refractivity contribution in [2.24, 2.45) is 5.92 Å². The van der Waals surface area contributed by atoms with Crippen LogP contribution in [0, 0.1) is 12.8 Å². The van der Waals surface area contributed by atoms with E-state index in [9.17, 15) is 4.79 Å². The zero-order valence-corrected chi connectivity index (χ0v) is 13.1. The molecule has 0 saturated carbocycles. The second-order valence-corrected chi connectivity index (χ2v) is 6.07. The number of carbonyl (C=O) groups is 1. The third-order valence-corrected chi connectivity index (χ3v) is 4.84. The first-order valence-corrected chi connectivity index (χ1v) is 7.91. The van der Waals surface area contributed by atoms with E-state index >= 15 is 0 Å². The lowest BCUT2D eigenvalue weighted by Gasteiger charge is -2.37. The molecule has 1 aromatic heterocycles. The molecule has 1 aromatic rings. The molecule has 1 amide bonds. The first-order valence-electron chi connectivity index (χ1n) is 7.91. The number of amides is 1. The zero-order valence-electron chi connectivity index (χ0n) is 13.1. The molecule has 5 heteroatoms. The van der Waals surface area contributed by atoms with E-state index in [0.717, 1.165) is 19.6 Å². The van der Waals surface area contributed by atoms with Gasteiger partial charge in [0.2, 0.25) is 5.91 Å². The molecular formula is C16H25N3O2. The average Bonchev–Trinajstić information content (AvgIpc) is 3.07. The lowest BCUT2D eigenvalue weighted by atomic mass is 9.99. The Bertz CT molecular complexity index is 526. The molecule has 1 N–H and O–H groups in total. The van der Waals surface area contributed by atoms with E-state index in [1.165, 1.54) is 11.4 Å². The van der Waals surface area contributed by atoms with Crippen molar-refractivity contribution in [1.29, 1.82) is 0 Å². The number of rotatable bonds is 3. The van der Waals surface area contributed by atoms with Crippen LogP contribution in [-0.4, -0.2) is 47.7 Å². The first-order chi connectivity index (χ1) is 10.1. The van der Waals surface area contributed by atoms with Gasteiger partial charge in [-0.05, 0) is 32.5 Å². The first kappa shape index (κ1) is 14.6. The summed E-state index contributed by atoms with van der Waals surface area (Å²) in [6, 6.07) is 4.58. The fourth-order valence-corrected chi connectivity index (χ4v) is 3.60. The number of nitrogens with zero attached hydrogens (tertiary/aromatic N) is 2. The minimum absolute atomic E-state index is 0.0463. The van der Waals surface area contributed by atoms with Crippen LogP contribution in [0.4, 0.5) is 0 Å². The van der Waals surface area contributed by atoms with Crippen molar-refractivity contribution in [3.63, 3.8) is 0 Å². The number of aromatic nitrogens is 1. The van der Waals surface area contributed by atoms with E-state index in [1.807, 2.05) is 4.90 Å². The standard InChI is InChI=1S/C16H25N3O2/c1-4-17-14-10-21-9-13(14)16(20)19-8-7-18-11(2)5-6-15(18)12(19)3/h5-6,12-14,17H,4,7-10H2,1-3H3. The molecule has 3 unspecified atom stereocenters. The molecular weight excluding hydrogens is 266 g/mol. The second kappa shape index (κ2) is 5.81. The van der Waals surface area contributed by atoms with Crippen LogP contribution < -0.4 is 5.32 Å². The van der Waals surface area contributed by atoms with Gasteiger partial charge in [-0.2, -0.15) is 0 Å². The highest BCUT2D eigenvalue weighted by Crippen LogP contribution is 2.30. The Kier molecular flexibility index (Phi) is 4.04. The summed E-state index contributed by atoms with van der Waals surface area (Å²) in [6.07, 6.45) is 0. The predicted octanol–water partition coefficient (Wildman–Crippen LogP) is 1.32. The molecule has 2 aliphatic rings. The molecule has 0 bridgehead atoms. The molecule has 3 rings (SSSR count). The Hall–Kier alpha value is -1.33. The highest BCUT2D eigenvalue weighted by atomic mass is 16.5. The Labute approximate surface area is 126 Å². The monoisotopic (exact) mass is 291 g/mol. The van der Waals surface area contributed by atoms with E-state index in [2.05, 4.69) is 42.8 Å². The third kappa shape index (κ3) is 2.49. The summed E-state index contributed by atoms with van der Waals surface area (Å²) in [5.74, 6) is 0.186.